The van der Waals surface area contributed by atoms with Crippen LogP contribution in [-0.4, -0.2) is 25.0 Å². The highest BCUT2D eigenvalue weighted by Crippen LogP contribution is 2.34. The summed E-state index contributed by atoms with van der Waals surface area (Å²) in [4.78, 5) is 26.1. The number of aliphatic imine (C=N–C) groups is 1. The summed E-state index contributed by atoms with van der Waals surface area (Å²) in [5.41, 5.74) is 6.18. The molecule has 100 valence electrons. The van der Waals surface area contributed by atoms with Gasteiger partial charge in [0.2, 0.25) is 0 Å². The third kappa shape index (κ3) is 3.66. The van der Waals surface area contributed by atoms with E-state index >= 15 is 0 Å². The van der Waals surface area contributed by atoms with Gasteiger partial charge in [-0.3, -0.25) is 14.6 Å². The fraction of sp³-hybridized carbons (Fsp3) is 0.154. The quantitative estimate of drug-likeness (QED) is 0.812. The molecule has 0 aromatic heterocycles. The van der Waals surface area contributed by atoms with Crippen molar-refractivity contribution in [1.29, 1.82) is 0 Å². The lowest BCUT2D eigenvalue weighted by atomic mass is 10.1. The van der Waals surface area contributed by atoms with Crippen LogP contribution in [0.25, 0.3) is 5.03 Å². The minimum Gasteiger partial charge on any atom is -0.485 e. The van der Waals surface area contributed by atoms with Gasteiger partial charge in [-0.2, -0.15) is 0 Å². The van der Waals surface area contributed by atoms with Gasteiger partial charge in [0.05, 0.1) is 11.3 Å². The highest BCUT2D eigenvalue weighted by atomic mass is 35.5. The van der Waals surface area contributed by atoms with E-state index in [2.05, 4.69) is 18.3 Å². The molecule has 1 aromatic rings. The third-order valence-corrected chi connectivity index (χ3v) is 2.46. The lowest BCUT2D eigenvalue weighted by molar-refractivity contribution is -0.118. The van der Waals surface area contributed by atoms with Crippen molar-refractivity contribution in [3.63, 3.8) is 0 Å². The molecule has 0 heterocycles. The highest BCUT2D eigenvalue weighted by molar-refractivity contribution is 6.48. The predicted molar refractivity (Wildman–Crippen MR) is 75.2 cm³/mol. The van der Waals surface area contributed by atoms with Crippen LogP contribution in [0.2, 0.25) is 0 Å². The van der Waals surface area contributed by atoms with E-state index in [1.54, 1.807) is 0 Å². The lowest BCUT2D eigenvalue weighted by Crippen LogP contribution is -2.15. The van der Waals surface area contributed by atoms with Crippen LogP contribution in [0.4, 0.5) is 5.69 Å². The van der Waals surface area contributed by atoms with Gasteiger partial charge < -0.3 is 10.5 Å². The number of ether oxygens (including phenoxy) is 1. The topological polar surface area (TPSA) is 81.8 Å². The standard InChI is InChI=1S/C13H13ClN2O3/c1-7(17)6-19-12-5-11(16-3)9(8(2)14)4-10(12)13(15)18/h4-5H,2-3,6H2,1H3,(H2,15,18). The normalized spacial score (nSPS) is 9.79. The number of carbonyl (C=O) groups excluding carboxylic acids is 2. The maximum atomic E-state index is 11.4. The Labute approximate surface area is 115 Å². The zero-order valence-corrected chi connectivity index (χ0v) is 11.2. The Morgan fingerprint density at radius 1 is 1.42 bits per heavy atom. The Morgan fingerprint density at radius 3 is 2.47 bits per heavy atom. The molecule has 0 saturated heterocycles. The third-order valence-electron chi connectivity index (χ3n) is 2.26. The molecular weight excluding hydrogens is 268 g/mol. The van der Waals surface area contributed by atoms with Gasteiger partial charge in [-0.25, -0.2) is 0 Å². The van der Waals surface area contributed by atoms with Gasteiger partial charge in [-0.05, 0) is 19.7 Å². The number of amides is 1. The van der Waals surface area contributed by atoms with E-state index in [0.29, 0.717) is 11.3 Å². The number of Topliss-reactive ketones (excluding diaryl/α,β-unsaturated/α-hetero) is 1. The van der Waals surface area contributed by atoms with Crippen LogP contribution in [0, 0.1) is 0 Å². The molecule has 0 radical (unpaired) electrons. The van der Waals surface area contributed by atoms with E-state index in [1.165, 1.54) is 19.1 Å². The minimum absolute atomic E-state index is 0.102. The SMILES string of the molecule is C=Nc1cc(OCC(C)=O)c(C(N)=O)cc1C(=C)Cl. The molecule has 0 unspecified atom stereocenters. The van der Waals surface area contributed by atoms with Gasteiger partial charge in [0.1, 0.15) is 12.4 Å². The zero-order chi connectivity index (χ0) is 14.6. The van der Waals surface area contributed by atoms with E-state index in [1.807, 2.05) is 0 Å². The average Bonchev–Trinajstić information content (AvgIpc) is 2.34. The molecule has 1 amide bonds. The van der Waals surface area contributed by atoms with Crippen LogP contribution < -0.4 is 10.5 Å². The summed E-state index contributed by atoms with van der Waals surface area (Å²) in [5, 5.41) is 0.197. The first kappa shape index (κ1) is 14.9. The Bertz CT molecular complexity index is 567. The van der Waals surface area contributed by atoms with Gasteiger partial charge >= 0.3 is 0 Å². The second kappa shape index (κ2) is 6.15. The lowest BCUT2D eigenvalue weighted by Gasteiger charge is -2.12. The molecule has 1 aromatic carbocycles. The summed E-state index contributed by atoms with van der Waals surface area (Å²) >= 11 is 5.81. The fourth-order valence-corrected chi connectivity index (χ4v) is 1.56. The van der Waals surface area contributed by atoms with Gasteiger partial charge in [0.15, 0.2) is 5.78 Å². The van der Waals surface area contributed by atoms with Crippen molar-refractivity contribution in [3.05, 3.63) is 29.8 Å². The van der Waals surface area contributed by atoms with E-state index in [9.17, 15) is 9.59 Å². The number of carbonyl (C=O) groups is 2. The summed E-state index contributed by atoms with van der Waals surface area (Å²) in [6.45, 7) is 8.16. The molecule has 0 fully saturated rings. The first-order valence-electron chi connectivity index (χ1n) is 5.28. The number of nitrogens with two attached hydrogens (primary N) is 1. The molecule has 1 rings (SSSR count). The average molecular weight is 281 g/mol. The van der Waals surface area contributed by atoms with Crippen molar-refractivity contribution in [2.75, 3.05) is 6.61 Å². The maximum Gasteiger partial charge on any atom is 0.252 e. The number of hydrogen-bond donors (Lipinski definition) is 1. The highest BCUT2D eigenvalue weighted by Gasteiger charge is 2.16. The van der Waals surface area contributed by atoms with Crippen LogP contribution in [0.5, 0.6) is 5.75 Å². The minimum atomic E-state index is -0.701. The van der Waals surface area contributed by atoms with Crippen molar-refractivity contribution >= 4 is 40.7 Å². The maximum absolute atomic E-state index is 11.4. The molecular formula is C13H13ClN2O3. The van der Waals surface area contributed by atoms with Crippen LogP contribution >= 0.6 is 11.6 Å². The summed E-state index contributed by atoms with van der Waals surface area (Å²) in [6.07, 6.45) is 0. The molecule has 19 heavy (non-hydrogen) atoms. The van der Waals surface area contributed by atoms with Crippen LogP contribution in [0.1, 0.15) is 22.8 Å². The molecule has 0 saturated carbocycles. The number of rotatable bonds is 6. The first-order valence-corrected chi connectivity index (χ1v) is 5.66. The van der Waals surface area contributed by atoms with Crippen molar-refractivity contribution in [2.24, 2.45) is 10.7 Å². The monoisotopic (exact) mass is 280 g/mol. The number of benzene rings is 1. The number of nitrogens with zero attached hydrogens (tertiary/aromatic N) is 1. The van der Waals surface area contributed by atoms with Crippen LogP contribution in [0.15, 0.2) is 23.7 Å². The summed E-state index contributed by atoms with van der Waals surface area (Å²) in [5.74, 6) is -0.727. The van der Waals surface area contributed by atoms with Crippen LogP contribution in [0.3, 0.4) is 0 Å². The number of ketones is 1. The molecule has 0 bridgehead atoms. The fourth-order valence-electron chi connectivity index (χ4n) is 1.41. The molecule has 0 aliphatic carbocycles. The van der Waals surface area contributed by atoms with Gasteiger partial charge in [-0.15, -0.1) is 0 Å². The van der Waals surface area contributed by atoms with E-state index in [4.69, 9.17) is 22.1 Å². The first-order chi connectivity index (χ1) is 8.86. The molecule has 0 atom stereocenters. The van der Waals surface area contributed by atoms with Gasteiger partial charge in [-0.1, -0.05) is 18.2 Å². The molecule has 2 N–H and O–H groups in total. The Morgan fingerprint density at radius 2 is 2.05 bits per heavy atom. The molecule has 0 spiro atoms. The number of hydrogen-bond acceptors (Lipinski definition) is 4. The number of halogens is 1. The smallest absolute Gasteiger partial charge is 0.252 e. The second-order valence-electron chi connectivity index (χ2n) is 3.78. The van der Waals surface area contributed by atoms with E-state index in [-0.39, 0.29) is 28.7 Å². The van der Waals surface area contributed by atoms with Crippen molar-refractivity contribution in [3.8, 4) is 5.75 Å². The van der Waals surface area contributed by atoms with Crippen molar-refractivity contribution < 1.29 is 14.3 Å². The summed E-state index contributed by atoms with van der Waals surface area (Å²) in [7, 11) is 0. The summed E-state index contributed by atoms with van der Waals surface area (Å²) in [6, 6.07) is 2.86. The number of primary amides is 1. The van der Waals surface area contributed by atoms with Crippen molar-refractivity contribution in [1.82, 2.24) is 0 Å². The largest absolute Gasteiger partial charge is 0.485 e. The Hall–Kier alpha value is -2.14. The van der Waals surface area contributed by atoms with Crippen LogP contribution in [-0.2, 0) is 4.79 Å². The predicted octanol–water partition coefficient (Wildman–Crippen LogP) is 2.29. The summed E-state index contributed by atoms with van der Waals surface area (Å²) < 4.78 is 5.23. The van der Waals surface area contributed by atoms with E-state index < -0.39 is 5.91 Å². The Balaban J connectivity index is 3.35. The van der Waals surface area contributed by atoms with Gasteiger partial charge in [0.25, 0.3) is 5.91 Å². The molecule has 6 heteroatoms. The van der Waals surface area contributed by atoms with Crippen molar-refractivity contribution in [2.45, 2.75) is 6.92 Å². The molecule has 5 nitrogen and oxygen atoms in total. The zero-order valence-electron chi connectivity index (χ0n) is 10.4. The van der Waals surface area contributed by atoms with Gasteiger partial charge in [0, 0.05) is 16.7 Å². The molecule has 0 aliphatic rings. The van der Waals surface area contributed by atoms with E-state index in [0.717, 1.165) is 0 Å². The Kier molecular flexibility index (Phi) is 4.83. The molecule has 0 aliphatic heterocycles. The second-order valence-corrected chi connectivity index (χ2v) is 4.24.